The highest BCUT2D eigenvalue weighted by Gasteiger charge is 2.12. The highest BCUT2D eigenvalue weighted by molar-refractivity contribution is 6.02. The van der Waals surface area contributed by atoms with Crippen LogP contribution >= 0.6 is 0 Å². The molecule has 1 amide bonds. The number of nitrogens with one attached hydrogen (secondary N) is 1. The van der Waals surface area contributed by atoms with Crippen LogP contribution in [0.15, 0.2) is 42.6 Å². The Morgan fingerprint density at radius 1 is 1.03 bits per heavy atom. The molecule has 152 valence electrons. The number of aryl methyl sites for hydroxylation is 2. The number of anilines is 1. The second-order valence-electron chi connectivity index (χ2n) is 7.80. The fourth-order valence-electron chi connectivity index (χ4n) is 3.78. The maximum Gasteiger partial charge on any atom is 0.276 e. The summed E-state index contributed by atoms with van der Waals surface area (Å²) >= 11 is 0. The number of amides is 1. The van der Waals surface area contributed by atoms with Gasteiger partial charge in [0.05, 0.1) is 5.69 Å². The molecule has 2 aromatic heterocycles. The molecule has 1 aromatic carbocycles. The second-order valence-corrected chi connectivity index (χ2v) is 7.80. The van der Waals surface area contributed by atoms with Crippen LogP contribution in [0.1, 0.15) is 46.7 Å². The quantitative estimate of drug-likeness (QED) is 0.698. The molecule has 0 aliphatic carbocycles. The van der Waals surface area contributed by atoms with E-state index in [9.17, 15) is 4.79 Å². The maximum absolute atomic E-state index is 12.5. The van der Waals surface area contributed by atoms with Crippen molar-refractivity contribution in [1.29, 1.82) is 0 Å². The molecule has 1 saturated heterocycles. The zero-order chi connectivity index (χ0) is 20.2. The molecule has 0 bridgehead atoms. The van der Waals surface area contributed by atoms with Crippen molar-refractivity contribution >= 4 is 11.6 Å². The third-order valence-electron chi connectivity index (χ3n) is 5.32. The van der Waals surface area contributed by atoms with E-state index in [1.165, 1.54) is 37.9 Å². The lowest BCUT2D eigenvalue weighted by Crippen LogP contribution is -2.29. The lowest BCUT2D eigenvalue weighted by Gasteiger charge is -2.26. The van der Waals surface area contributed by atoms with E-state index in [4.69, 9.17) is 0 Å². The zero-order valence-electron chi connectivity index (χ0n) is 17.1. The summed E-state index contributed by atoms with van der Waals surface area (Å²) < 4.78 is 3.58. The average molecular weight is 393 g/mol. The predicted molar refractivity (Wildman–Crippen MR) is 113 cm³/mol. The van der Waals surface area contributed by atoms with Crippen LogP contribution in [-0.4, -0.2) is 43.5 Å². The Kier molecular flexibility index (Phi) is 5.76. The summed E-state index contributed by atoms with van der Waals surface area (Å²) in [4.78, 5) is 15.0. The number of nitrogens with zero attached hydrogens (tertiary/aromatic N) is 5. The molecule has 1 fully saturated rings. The van der Waals surface area contributed by atoms with E-state index < -0.39 is 0 Å². The number of piperidine rings is 1. The molecule has 0 spiro atoms. The molecule has 1 aliphatic heterocycles. The van der Waals surface area contributed by atoms with E-state index in [0.29, 0.717) is 12.4 Å². The van der Waals surface area contributed by atoms with Gasteiger partial charge in [-0.1, -0.05) is 18.6 Å². The molecular weight excluding hydrogens is 364 g/mol. The monoisotopic (exact) mass is 392 g/mol. The van der Waals surface area contributed by atoms with Crippen molar-refractivity contribution < 1.29 is 4.79 Å². The minimum absolute atomic E-state index is 0.208. The van der Waals surface area contributed by atoms with Crippen molar-refractivity contribution in [1.82, 2.24) is 24.5 Å². The fraction of sp³-hybridized carbons (Fsp3) is 0.409. The molecule has 3 heterocycles. The third kappa shape index (κ3) is 4.92. The van der Waals surface area contributed by atoms with Crippen molar-refractivity contribution in [2.24, 2.45) is 0 Å². The first kappa shape index (κ1) is 19.4. The van der Waals surface area contributed by atoms with E-state index in [0.717, 1.165) is 23.6 Å². The van der Waals surface area contributed by atoms with Gasteiger partial charge < -0.3 is 5.32 Å². The Hall–Kier alpha value is -2.93. The minimum atomic E-state index is -0.208. The Balaban J connectivity index is 1.34. The Morgan fingerprint density at radius 3 is 2.48 bits per heavy atom. The SMILES string of the molecule is Cc1cc(C)n(Cn2ccc(C(=O)Nc3ccc(CN4CCCCC4)cc3)n2)n1. The van der Waals surface area contributed by atoms with E-state index in [1.807, 2.05) is 36.7 Å². The largest absolute Gasteiger partial charge is 0.321 e. The van der Waals surface area contributed by atoms with Crippen molar-refractivity contribution in [2.75, 3.05) is 18.4 Å². The first-order valence-electron chi connectivity index (χ1n) is 10.2. The number of hydrogen-bond acceptors (Lipinski definition) is 4. The molecule has 3 aromatic rings. The van der Waals surface area contributed by atoms with Gasteiger partial charge in [-0.15, -0.1) is 0 Å². The van der Waals surface area contributed by atoms with Gasteiger partial charge in [0, 0.05) is 24.1 Å². The fourth-order valence-corrected chi connectivity index (χ4v) is 3.78. The van der Waals surface area contributed by atoms with Crippen LogP contribution in [0.25, 0.3) is 0 Å². The minimum Gasteiger partial charge on any atom is -0.321 e. The van der Waals surface area contributed by atoms with Crippen LogP contribution in [0.3, 0.4) is 0 Å². The number of aromatic nitrogens is 4. The van der Waals surface area contributed by atoms with Gasteiger partial charge in [0.2, 0.25) is 0 Å². The number of benzene rings is 1. The molecule has 7 heteroatoms. The van der Waals surface area contributed by atoms with Gasteiger partial charge in [-0.2, -0.15) is 10.2 Å². The number of carbonyl (C=O) groups excluding carboxylic acids is 1. The highest BCUT2D eigenvalue weighted by atomic mass is 16.1. The maximum atomic E-state index is 12.5. The summed E-state index contributed by atoms with van der Waals surface area (Å²) in [6.45, 7) is 7.79. The van der Waals surface area contributed by atoms with Crippen LogP contribution < -0.4 is 5.32 Å². The summed E-state index contributed by atoms with van der Waals surface area (Å²) in [5, 5.41) is 11.7. The van der Waals surface area contributed by atoms with Gasteiger partial charge >= 0.3 is 0 Å². The molecule has 1 aliphatic rings. The molecule has 0 radical (unpaired) electrons. The summed E-state index contributed by atoms with van der Waals surface area (Å²) in [6.07, 6.45) is 5.73. The van der Waals surface area contributed by atoms with Crippen molar-refractivity contribution in [3.8, 4) is 0 Å². The molecule has 1 N–H and O–H groups in total. The van der Waals surface area contributed by atoms with Crippen molar-refractivity contribution in [2.45, 2.75) is 46.3 Å². The molecule has 0 saturated carbocycles. The molecular formula is C22H28N6O. The second kappa shape index (κ2) is 8.61. The van der Waals surface area contributed by atoms with Crippen molar-refractivity contribution in [3.63, 3.8) is 0 Å². The number of likely N-dealkylation sites (tertiary alicyclic amines) is 1. The van der Waals surface area contributed by atoms with Gasteiger partial charge in [-0.3, -0.25) is 14.4 Å². The van der Waals surface area contributed by atoms with E-state index in [-0.39, 0.29) is 5.91 Å². The van der Waals surface area contributed by atoms with E-state index in [1.54, 1.807) is 16.9 Å². The Labute approximate surface area is 171 Å². The number of carbonyl (C=O) groups is 1. The summed E-state index contributed by atoms with van der Waals surface area (Å²) in [5.74, 6) is -0.208. The molecule has 0 unspecified atom stereocenters. The zero-order valence-corrected chi connectivity index (χ0v) is 17.1. The highest BCUT2D eigenvalue weighted by Crippen LogP contribution is 2.16. The van der Waals surface area contributed by atoms with Gasteiger partial charge in [-0.05, 0) is 69.6 Å². The van der Waals surface area contributed by atoms with Crippen LogP contribution in [-0.2, 0) is 13.2 Å². The standard InChI is InChI=1S/C22H28N6O/c1-17-14-18(2)28(24-17)16-27-13-10-21(25-27)22(29)23-20-8-6-19(7-9-20)15-26-11-4-3-5-12-26/h6-10,13-14H,3-5,11-12,15-16H2,1-2H3,(H,23,29). The normalized spacial score (nSPS) is 14.8. The van der Waals surface area contributed by atoms with Gasteiger partial charge in [-0.25, -0.2) is 4.68 Å². The molecule has 4 rings (SSSR count). The van der Waals surface area contributed by atoms with E-state index in [2.05, 4.69) is 32.5 Å². The lowest BCUT2D eigenvalue weighted by molar-refractivity contribution is 0.102. The lowest BCUT2D eigenvalue weighted by atomic mass is 10.1. The average Bonchev–Trinajstić information content (AvgIpc) is 3.30. The van der Waals surface area contributed by atoms with Crippen LogP contribution in [0.4, 0.5) is 5.69 Å². The van der Waals surface area contributed by atoms with Crippen LogP contribution in [0, 0.1) is 13.8 Å². The van der Waals surface area contributed by atoms with Gasteiger partial charge in [0.15, 0.2) is 5.69 Å². The van der Waals surface area contributed by atoms with Crippen molar-refractivity contribution in [3.05, 3.63) is 65.2 Å². The van der Waals surface area contributed by atoms with Crippen LogP contribution in [0.5, 0.6) is 0 Å². The topological polar surface area (TPSA) is 68.0 Å². The summed E-state index contributed by atoms with van der Waals surface area (Å²) in [6, 6.07) is 11.9. The number of hydrogen-bond donors (Lipinski definition) is 1. The summed E-state index contributed by atoms with van der Waals surface area (Å²) in [7, 11) is 0. The van der Waals surface area contributed by atoms with Crippen LogP contribution in [0.2, 0.25) is 0 Å². The smallest absolute Gasteiger partial charge is 0.276 e. The number of rotatable bonds is 6. The Bertz CT molecular complexity index is 966. The summed E-state index contributed by atoms with van der Waals surface area (Å²) in [5.41, 5.74) is 4.48. The molecule has 0 atom stereocenters. The Morgan fingerprint density at radius 2 is 1.79 bits per heavy atom. The molecule has 29 heavy (non-hydrogen) atoms. The third-order valence-corrected chi connectivity index (χ3v) is 5.32. The first-order chi connectivity index (χ1) is 14.1. The van der Waals surface area contributed by atoms with Gasteiger partial charge in [0.1, 0.15) is 6.67 Å². The van der Waals surface area contributed by atoms with Gasteiger partial charge in [0.25, 0.3) is 5.91 Å². The predicted octanol–water partition coefficient (Wildman–Crippen LogP) is 3.44. The van der Waals surface area contributed by atoms with E-state index >= 15 is 0 Å². The molecule has 7 nitrogen and oxygen atoms in total. The first-order valence-corrected chi connectivity index (χ1v) is 10.2.